The van der Waals surface area contributed by atoms with Crippen LogP contribution in [-0.2, 0) is 23.2 Å². The smallest absolute Gasteiger partial charge is 0.295 e. The molecule has 4 atom stereocenters. The highest BCUT2D eigenvalue weighted by Crippen LogP contribution is 2.40. The molecule has 0 saturated carbocycles. The maximum Gasteiger partial charge on any atom is 0.295 e. The zero-order chi connectivity index (χ0) is 22.3. The van der Waals surface area contributed by atoms with Crippen LogP contribution in [0.25, 0.3) is 0 Å². The quantitative estimate of drug-likeness (QED) is 0.624. The molecule has 0 radical (unpaired) electrons. The average Bonchev–Trinajstić information content (AvgIpc) is 3.42. The van der Waals surface area contributed by atoms with Crippen LogP contribution in [0, 0.1) is 6.92 Å². The Morgan fingerprint density at radius 3 is 2.94 bits per heavy atom. The number of rotatable bonds is 7. The van der Waals surface area contributed by atoms with Crippen LogP contribution in [0.1, 0.15) is 48.1 Å². The number of epoxide rings is 1. The third kappa shape index (κ3) is 4.47. The summed E-state index contributed by atoms with van der Waals surface area (Å²) >= 11 is 6.17. The third-order valence-electron chi connectivity index (χ3n) is 5.63. The van der Waals surface area contributed by atoms with E-state index in [1.807, 2.05) is 32.0 Å². The van der Waals surface area contributed by atoms with Crippen molar-refractivity contribution in [2.75, 3.05) is 13.2 Å². The van der Waals surface area contributed by atoms with Crippen molar-refractivity contribution in [2.24, 2.45) is 7.05 Å². The maximum absolute atomic E-state index is 14.1. The fraction of sp³-hybridized carbons (Fsp3) is 0.524. The van der Waals surface area contributed by atoms with Gasteiger partial charge in [0.05, 0.1) is 19.2 Å². The van der Waals surface area contributed by atoms with Gasteiger partial charge in [0.25, 0.3) is 5.56 Å². The van der Waals surface area contributed by atoms with Gasteiger partial charge in [-0.1, -0.05) is 23.7 Å². The molecule has 0 spiro atoms. The van der Waals surface area contributed by atoms with Gasteiger partial charge in [0, 0.05) is 25.0 Å². The first-order valence-electron chi connectivity index (χ1n) is 10.3. The molecule has 2 aromatic rings. The Kier molecular flexibility index (Phi) is 6.32. The molecule has 10 heteroatoms. The summed E-state index contributed by atoms with van der Waals surface area (Å²) in [5.41, 5.74) is 1.53. The topological polar surface area (TPSA) is 92.2 Å². The second-order valence-electron chi connectivity index (χ2n) is 7.88. The van der Waals surface area contributed by atoms with Crippen LogP contribution in [0.15, 0.2) is 23.0 Å². The fourth-order valence-electron chi connectivity index (χ4n) is 3.86. The number of ether oxygens (including phenoxy) is 1. The Balaban J connectivity index is 1.53. The summed E-state index contributed by atoms with van der Waals surface area (Å²) in [4.78, 5) is 22.7. The highest BCUT2D eigenvalue weighted by Gasteiger charge is 2.45. The number of benzene rings is 1. The molecule has 4 rings (SSSR count). The number of aromatic hydroxyl groups is 1. The summed E-state index contributed by atoms with van der Waals surface area (Å²) in [6, 6.07) is 5.26. The first-order valence-corrected chi connectivity index (χ1v) is 10.6. The lowest BCUT2D eigenvalue weighted by atomic mass is 10.1. The van der Waals surface area contributed by atoms with Crippen LogP contribution in [0.3, 0.4) is 0 Å². The van der Waals surface area contributed by atoms with E-state index in [1.165, 1.54) is 16.7 Å². The minimum absolute atomic E-state index is 0.105. The molecule has 168 valence electrons. The largest absolute Gasteiger partial charge is 0.502 e. The van der Waals surface area contributed by atoms with Gasteiger partial charge in [0.2, 0.25) is 5.75 Å². The Morgan fingerprint density at radius 2 is 2.23 bits per heavy atom. The zero-order valence-electron chi connectivity index (χ0n) is 17.6. The molecule has 2 saturated heterocycles. The Morgan fingerprint density at radius 1 is 1.45 bits per heavy atom. The van der Waals surface area contributed by atoms with E-state index in [-0.39, 0.29) is 18.7 Å². The minimum atomic E-state index is -1.08. The highest BCUT2D eigenvalue weighted by atomic mass is 35.5. The van der Waals surface area contributed by atoms with Crippen molar-refractivity contribution in [1.82, 2.24) is 19.9 Å². The van der Waals surface area contributed by atoms with Gasteiger partial charge in [-0.15, -0.1) is 0 Å². The van der Waals surface area contributed by atoms with Gasteiger partial charge in [-0.05, 0) is 31.0 Å². The van der Waals surface area contributed by atoms with Crippen LogP contribution in [0.4, 0.5) is 4.39 Å². The van der Waals surface area contributed by atoms with E-state index in [1.54, 1.807) is 0 Å². The molecular weight excluding hydrogens is 427 g/mol. The van der Waals surface area contributed by atoms with Crippen molar-refractivity contribution < 1.29 is 19.1 Å². The molecule has 4 unspecified atom stereocenters. The third-order valence-corrected chi connectivity index (χ3v) is 6.04. The average molecular weight is 453 g/mol. The van der Waals surface area contributed by atoms with Crippen molar-refractivity contribution in [3.05, 3.63) is 56.2 Å². The van der Waals surface area contributed by atoms with Gasteiger partial charge >= 0.3 is 0 Å². The first-order chi connectivity index (χ1) is 14.8. The van der Waals surface area contributed by atoms with Crippen LogP contribution in [-0.4, -0.2) is 45.3 Å². The number of nitrogens with one attached hydrogen (secondary N) is 1. The van der Waals surface area contributed by atoms with E-state index >= 15 is 0 Å². The highest BCUT2D eigenvalue weighted by molar-refractivity contribution is 6.31. The van der Waals surface area contributed by atoms with Gasteiger partial charge < -0.3 is 9.84 Å². The van der Waals surface area contributed by atoms with Crippen molar-refractivity contribution in [2.45, 2.75) is 51.4 Å². The fourth-order valence-corrected chi connectivity index (χ4v) is 4.06. The second-order valence-corrected chi connectivity index (χ2v) is 8.28. The standard InChI is InChI=1S/C21H26ClFN4O4/c1-4-30-27-10-13(23)8-15(27)19-25-16(17(28)21(29)26(19)3)18-20(31-18)24-9-12-6-5-11(2)14(22)7-12/h5-7,13,15,18,20,24,28H,4,8-10H2,1-3H3. The van der Waals surface area contributed by atoms with Gasteiger partial charge in [-0.3, -0.25) is 19.5 Å². The number of nitrogens with zero attached hydrogens (tertiary/aromatic N) is 3. The number of hydroxylamine groups is 2. The van der Waals surface area contributed by atoms with Gasteiger partial charge in [0.1, 0.15) is 30.0 Å². The lowest BCUT2D eigenvalue weighted by Crippen LogP contribution is -2.32. The van der Waals surface area contributed by atoms with Crippen LogP contribution in [0.5, 0.6) is 5.75 Å². The SMILES string of the molecule is CCON1CC(F)CC1c1nc(C2OC2NCc2ccc(C)c(Cl)c2)c(O)c(=O)n1C. The zero-order valence-corrected chi connectivity index (χ0v) is 18.4. The van der Waals surface area contributed by atoms with Crippen molar-refractivity contribution in [3.63, 3.8) is 0 Å². The predicted octanol–water partition coefficient (Wildman–Crippen LogP) is 2.67. The predicted molar refractivity (Wildman–Crippen MR) is 112 cm³/mol. The van der Waals surface area contributed by atoms with Crippen LogP contribution >= 0.6 is 11.6 Å². The number of hydrogen-bond acceptors (Lipinski definition) is 7. The Bertz CT molecular complexity index is 1030. The van der Waals surface area contributed by atoms with Gasteiger partial charge in [0.15, 0.2) is 0 Å². The van der Waals surface area contributed by atoms with Gasteiger partial charge in [-0.2, -0.15) is 5.06 Å². The molecule has 0 aliphatic carbocycles. The Hall–Kier alpha value is -2.04. The van der Waals surface area contributed by atoms with Crippen molar-refractivity contribution in [1.29, 1.82) is 0 Å². The maximum atomic E-state index is 14.1. The first kappa shape index (κ1) is 22.2. The molecule has 2 fully saturated rings. The molecular formula is C21H26ClFN4O4. The summed E-state index contributed by atoms with van der Waals surface area (Å²) in [5.74, 6) is -0.123. The summed E-state index contributed by atoms with van der Waals surface area (Å²) in [5, 5.41) is 15.8. The van der Waals surface area contributed by atoms with E-state index in [0.29, 0.717) is 24.0 Å². The summed E-state index contributed by atoms with van der Waals surface area (Å²) < 4.78 is 20.9. The summed E-state index contributed by atoms with van der Waals surface area (Å²) in [6.45, 7) is 4.73. The molecule has 8 nitrogen and oxygen atoms in total. The normalized spacial score (nSPS) is 25.8. The summed E-state index contributed by atoms with van der Waals surface area (Å²) in [7, 11) is 1.51. The van der Waals surface area contributed by atoms with E-state index in [2.05, 4.69) is 10.3 Å². The molecule has 0 amide bonds. The monoisotopic (exact) mass is 452 g/mol. The number of halogens is 2. The minimum Gasteiger partial charge on any atom is -0.502 e. The van der Waals surface area contributed by atoms with Crippen molar-refractivity contribution >= 4 is 11.6 Å². The van der Waals surface area contributed by atoms with E-state index in [9.17, 15) is 14.3 Å². The summed E-state index contributed by atoms with van der Waals surface area (Å²) in [6.07, 6.45) is -1.90. The van der Waals surface area contributed by atoms with E-state index < -0.39 is 35.9 Å². The number of alkyl halides is 1. The Labute approximate surface area is 184 Å². The molecule has 3 heterocycles. The van der Waals surface area contributed by atoms with Crippen molar-refractivity contribution in [3.8, 4) is 5.75 Å². The molecule has 2 aliphatic heterocycles. The number of hydrogen-bond donors (Lipinski definition) is 2. The molecule has 1 aromatic heterocycles. The second kappa shape index (κ2) is 8.84. The molecule has 2 N–H and O–H groups in total. The molecule has 2 aliphatic rings. The van der Waals surface area contributed by atoms with Gasteiger partial charge in [-0.25, -0.2) is 9.37 Å². The lowest BCUT2D eigenvalue weighted by Gasteiger charge is -2.24. The van der Waals surface area contributed by atoms with E-state index in [0.717, 1.165) is 11.1 Å². The number of aromatic nitrogens is 2. The lowest BCUT2D eigenvalue weighted by molar-refractivity contribution is -0.169. The molecule has 1 aromatic carbocycles. The van der Waals surface area contributed by atoms with Crippen LogP contribution in [0.2, 0.25) is 5.02 Å². The van der Waals surface area contributed by atoms with E-state index in [4.69, 9.17) is 21.2 Å². The number of aryl methyl sites for hydroxylation is 1. The van der Waals surface area contributed by atoms with Crippen LogP contribution < -0.4 is 10.9 Å². The molecule has 0 bridgehead atoms. The molecule has 31 heavy (non-hydrogen) atoms.